The van der Waals surface area contributed by atoms with Crippen LogP contribution in [0.25, 0.3) is 0 Å². The summed E-state index contributed by atoms with van der Waals surface area (Å²) in [6, 6.07) is 7.77. The summed E-state index contributed by atoms with van der Waals surface area (Å²) in [7, 11) is 0. The monoisotopic (exact) mass is 271 g/mol. The van der Waals surface area contributed by atoms with Gasteiger partial charge in [-0.15, -0.1) is 0 Å². The summed E-state index contributed by atoms with van der Waals surface area (Å²) >= 11 is 0. The lowest BCUT2D eigenvalue weighted by atomic mass is 10.0. The van der Waals surface area contributed by atoms with E-state index in [0.717, 1.165) is 17.7 Å². The molecule has 1 heterocycles. The van der Waals surface area contributed by atoms with Crippen molar-refractivity contribution in [3.8, 4) is 0 Å². The van der Waals surface area contributed by atoms with Crippen molar-refractivity contribution in [1.29, 1.82) is 0 Å². The van der Waals surface area contributed by atoms with Gasteiger partial charge in [0, 0.05) is 23.5 Å². The van der Waals surface area contributed by atoms with Gasteiger partial charge in [0.2, 0.25) is 0 Å². The smallest absolute Gasteiger partial charge is 0.170 e. The largest absolute Gasteiger partial charge is 0.398 e. The van der Waals surface area contributed by atoms with E-state index in [1.807, 2.05) is 36.0 Å². The van der Waals surface area contributed by atoms with Crippen molar-refractivity contribution < 1.29 is 4.79 Å². The minimum absolute atomic E-state index is 0.0144. The lowest BCUT2D eigenvalue weighted by molar-refractivity contribution is 0.0992. The van der Waals surface area contributed by atoms with Crippen molar-refractivity contribution in [3.63, 3.8) is 0 Å². The number of hydrogen-bond acceptors (Lipinski definition) is 3. The highest BCUT2D eigenvalue weighted by atomic mass is 16.1. The summed E-state index contributed by atoms with van der Waals surface area (Å²) in [5.41, 5.74) is 8.81. The van der Waals surface area contributed by atoms with E-state index < -0.39 is 0 Å². The van der Waals surface area contributed by atoms with Crippen LogP contribution in [0.5, 0.6) is 0 Å². The summed E-state index contributed by atoms with van der Waals surface area (Å²) in [6.45, 7) is 6.18. The second kappa shape index (κ2) is 5.90. The van der Waals surface area contributed by atoms with Crippen LogP contribution in [-0.4, -0.2) is 15.6 Å². The third kappa shape index (κ3) is 3.07. The molecule has 1 aromatic carbocycles. The Morgan fingerprint density at radius 3 is 2.85 bits per heavy atom. The lowest BCUT2D eigenvalue weighted by Crippen LogP contribution is -2.09. The van der Waals surface area contributed by atoms with Gasteiger partial charge in [-0.3, -0.25) is 9.48 Å². The van der Waals surface area contributed by atoms with Crippen molar-refractivity contribution in [2.45, 2.75) is 39.7 Å². The van der Waals surface area contributed by atoms with Gasteiger partial charge < -0.3 is 5.73 Å². The second-order valence-corrected chi connectivity index (χ2v) is 5.24. The topological polar surface area (TPSA) is 60.9 Å². The number of Topliss-reactive ketones (excluding diaryl/α,β-unsaturated/α-hetero) is 1. The number of nitrogens with zero attached hydrogens (tertiary/aromatic N) is 2. The van der Waals surface area contributed by atoms with Gasteiger partial charge in [-0.1, -0.05) is 18.6 Å². The Morgan fingerprint density at radius 1 is 1.40 bits per heavy atom. The van der Waals surface area contributed by atoms with E-state index in [1.54, 1.807) is 6.07 Å². The number of rotatable bonds is 5. The Kier molecular flexibility index (Phi) is 4.23. The fraction of sp³-hybridized carbons (Fsp3) is 0.375. The Bertz CT molecular complexity index is 616. The maximum Gasteiger partial charge on any atom is 0.170 e. The average Bonchev–Trinajstić information content (AvgIpc) is 2.89. The van der Waals surface area contributed by atoms with E-state index in [1.165, 1.54) is 0 Å². The maximum atomic E-state index is 12.3. The molecule has 0 bridgehead atoms. The molecule has 2 aromatic rings. The summed E-state index contributed by atoms with van der Waals surface area (Å²) in [4.78, 5) is 12.3. The number of aryl methyl sites for hydroxylation is 1. The van der Waals surface area contributed by atoms with Crippen LogP contribution in [0.15, 0.2) is 30.5 Å². The molecule has 2 rings (SSSR count). The van der Waals surface area contributed by atoms with E-state index >= 15 is 0 Å². The van der Waals surface area contributed by atoms with Gasteiger partial charge in [0.05, 0.1) is 12.1 Å². The van der Waals surface area contributed by atoms with Crippen LogP contribution < -0.4 is 5.73 Å². The predicted molar refractivity (Wildman–Crippen MR) is 80.9 cm³/mol. The molecule has 106 valence electrons. The molecule has 0 radical (unpaired) electrons. The molecule has 0 spiro atoms. The third-order valence-corrected chi connectivity index (χ3v) is 3.56. The second-order valence-electron chi connectivity index (χ2n) is 5.24. The molecule has 4 heteroatoms. The lowest BCUT2D eigenvalue weighted by Gasteiger charge is -2.08. The van der Waals surface area contributed by atoms with Crippen LogP contribution in [-0.2, 0) is 6.42 Å². The number of hydrogen-bond donors (Lipinski definition) is 1. The van der Waals surface area contributed by atoms with Gasteiger partial charge in [-0.25, -0.2) is 0 Å². The first kappa shape index (κ1) is 14.3. The van der Waals surface area contributed by atoms with E-state index in [0.29, 0.717) is 17.3 Å². The Hall–Kier alpha value is -2.10. The van der Waals surface area contributed by atoms with Crippen LogP contribution in [0.1, 0.15) is 47.9 Å². The molecule has 4 nitrogen and oxygen atoms in total. The zero-order valence-electron chi connectivity index (χ0n) is 12.3. The molecular formula is C16H21N3O. The van der Waals surface area contributed by atoms with Crippen molar-refractivity contribution in [1.82, 2.24) is 9.78 Å². The minimum Gasteiger partial charge on any atom is -0.398 e. The highest BCUT2D eigenvalue weighted by Crippen LogP contribution is 2.17. The predicted octanol–water partition coefficient (Wildman–Crippen LogP) is 3.17. The maximum absolute atomic E-state index is 12.3. The van der Waals surface area contributed by atoms with E-state index in [4.69, 9.17) is 5.73 Å². The van der Waals surface area contributed by atoms with E-state index in [-0.39, 0.29) is 12.2 Å². The van der Waals surface area contributed by atoms with E-state index in [9.17, 15) is 4.79 Å². The normalized spacial score (nSPS) is 12.3. The van der Waals surface area contributed by atoms with Crippen LogP contribution in [0.2, 0.25) is 0 Å². The molecule has 1 atom stereocenters. The van der Waals surface area contributed by atoms with Crippen LogP contribution in [0.4, 0.5) is 5.69 Å². The first-order valence-corrected chi connectivity index (χ1v) is 6.94. The summed E-state index contributed by atoms with van der Waals surface area (Å²) < 4.78 is 1.90. The Balaban J connectivity index is 2.15. The van der Waals surface area contributed by atoms with Crippen LogP contribution >= 0.6 is 0 Å². The third-order valence-electron chi connectivity index (χ3n) is 3.56. The quantitative estimate of drug-likeness (QED) is 0.671. The standard InChI is InChI=1S/C16H21N3O/c1-4-12(3)19-8-7-13(18-19)10-16(20)14-9-11(2)5-6-15(14)17/h5-9,12H,4,10,17H2,1-3H3. The van der Waals surface area contributed by atoms with Gasteiger partial charge in [0.15, 0.2) is 5.78 Å². The molecule has 0 saturated carbocycles. The number of ketones is 1. The molecule has 0 saturated heterocycles. The molecule has 0 aliphatic carbocycles. The van der Waals surface area contributed by atoms with Crippen molar-refractivity contribution in [2.24, 2.45) is 0 Å². The fourth-order valence-electron chi connectivity index (χ4n) is 2.08. The average molecular weight is 271 g/mol. The fourth-order valence-corrected chi connectivity index (χ4v) is 2.08. The molecular weight excluding hydrogens is 250 g/mol. The van der Waals surface area contributed by atoms with Crippen LogP contribution in [0.3, 0.4) is 0 Å². The van der Waals surface area contributed by atoms with Gasteiger partial charge in [0.25, 0.3) is 0 Å². The molecule has 0 fully saturated rings. The highest BCUT2D eigenvalue weighted by molar-refractivity contribution is 6.01. The number of carbonyl (C=O) groups is 1. The summed E-state index contributed by atoms with van der Waals surface area (Å²) in [5.74, 6) is 0.0144. The molecule has 1 aromatic heterocycles. The number of nitrogen functional groups attached to an aromatic ring is 1. The zero-order valence-corrected chi connectivity index (χ0v) is 12.3. The molecule has 1 unspecified atom stereocenters. The van der Waals surface area contributed by atoms with Crippen molar-refractivity contribution in [3.05, 3.63) is 47.3 Å². The number of benzene rings is 1. The Morgan fingerprint density at radius 2 is 2.15 bits per heavy atom. The number of nitrogens with two attached hydrogens (primary N) is 1. The SMILES string of the molecule is CCC(C)n1ccc(CC(=O)c2cc(C)ccc2N)n1. The summed E-state index contributed by atoms with van der Waals surface area (Å²) in [5, 5.41) is 4.45. The highest BCUT2D eigenvalue weighted by Gasteiger charge is 2.13. The number of carbonyl (C=O) groups excluding carboxylic acids is 1. The summed E-state index contributed by atoms with van der Waals surface area (Å²) in [6.07, 6.45) is 3.23. The first-order valence-electron chi connectivity index (χ1n) is 6.94. The zero-order chi connectivity index (χ0) is 14.7. The molecule has 0 amide bonds. The molecule has 20 heavy (non-hydrogen) atoms. The molecule has 0 aliphatic rings. The van der Waals surface area contributed by atoms with Gasteiger partial charge in [-0.05, 0) is 38.5 Å². The minimum atomic E-state index is 0.0144. The Labute approximate surface area is 119 Å². The van der Waals surface area contributed by atoms with Crippen molar-refractivity contribution in [2.75, 3.05) is 5.73 Å². The van der Waals surface area contributed by atoms with Crippen molar-refractivity contribution >= 4 is 11.5 Å². The number of anilines is 1. The first-order chi connectivity index (χ1) is 9.51. The van der Waals surface area contributed by atoms with Gasteiger partial charge in [0.1, 0.15) is 0 Å². The van der Waals surface area contributed by atoms with E-state index in [2.05, 4.69) is 18.9 Å². The van der Waals surface area contributed by atoms with Gasteiger partial charge >= 0.3 is 0 Å². The van der Waals surface area contributed by atoms with Gasteiger partial charge in [-0.2, -0.15) is 5.10 Å². The molecule has 0 aliphatic heterocycles. The number of aromatic nitrogens is 2. The van der Waals surface area contributed by atoms with Crippen LogP contribution in [0, 0.1) is 6.92 Å². The molecule has 2 N–H and O–H groups in total.